The van der Waals surface area contributed by atoms with Crippen LogP contribution in [0.15, 0.2) is 24.3 Å². The van der Waals surface area contributed by atoms with Gasteiger partial charge in [-0.3, -0.25) is 14.4 Å². The molecule has 3 saturated heterocycles. The fourth-order valence-electron chi connectivity index (χ4n) is 6.34. The second-order valence-corrected chi connectivity index (χ2v) is 10.6. The zero-order chi connectivity index (χ0) is 23.7. The fourth-order valence-corrected chi connectivity index (χ4v) is 6.34. The number of amides is 2. The Labute approximate surface area is 202 Å². The molecule has 5 rings (SSSR count). The van der Waals surface area contributed by atoms with E-state index in [2.05, 4.69) is 29.4 Å². The maximum absolute atomic E-state index is 13.7. The van der Waals surface area contributed by atoms with Crippen molar-refractivity contribution in [1.29, 1.82) is 0 Å². The molecule has 0 radical (unpaired) electrons. The van der Waals surface area contributed by atoms with Gasteiger partial charge in [0.25, 0.3) is 5.91 Å². The van der Waals surface area contributed by atoms with Gasteiger partial charge < -0.3 is 19.9 Å². The summed E-state index contributed by atoms with van der Waals surface area (Å²) in [4.78, 5) is 43.4. The highest BCUT2D eigenvalue weighted by Gasteiger charge is 2.49. The van der Waals surface area contributed by atoms with E-state index in [9.17, 15) is 14.4 Å². The minimum Gasteiger partial charge on any atom is -0.368 e. The van der Waals surface area contributed by atoms with Gasteiger partial charge >= 0.3 is 0 Å². The van der Waals surface area contributed by atoms with Crippen LogP contribution in [-0.2, 0) is 14.3 Å². The van der Waals surface area contributed by atoms with Crippen LogP contribution in [0.2, 0.25) is 0 Å². The summed E-state index contributed by atoms with van der Waals surface area (Å²) in [6.07, 6.45) is 7.95. The molecule has 34 heavy (non-hydrogen) atoms. The molecule has 1 N–H and O–H groups in total. The number of ether oxygens (including phenoxy) is 1. The van der Waals surface area contributed by atoms with Crippen molar-refractivity contribution in [3.8, 4) is 0 Å². The van der Waals surface area contributed by atoms with Gasteiger partial charge in [-0.2, -0.15) is 0 Å². The predicted octanol–water partition coefficient (Wildman–Crippen LogP) is 2.74. The Morgan fingerprint density at radius 3 is 2.38 bits per heavy atom. The van der Waals surface area contributed by atoms with Gasteiger partial charge in [0, 0.05) is 12.1 Å². The molecule has 0 bridgehead atoms. The number of nitrogens with zero attached hydrogens (tertiary/aromatic N) is 2. The molecule has 1 aromatic carbocycles. The molecule has 184 valence electrons. The third-order valence-corrected chi connectivity index (χ3v) is 8.43. The summed E-state index contributed by atoms with van der Waals surface area (Å²) in [7, 11) is 2.16. The fraction of sp³-hybridized carbons (Fsp3) is 0.667. The molecule has 0 aromatic heterocycles. The largest absolute Gasteiger partial charge is 0.368 e. The van der Waals surface area contributed by atoms with Gasteiger partial charge in [-0.05, 0) is 81.8 Å². The van der Waals surface area contributed by atoms with Crippen LogP contribution in [-0.4, -0.2) is 78.9 Å². The summed E-state index contributed by atoms with van der Waals surface area (Å²) in [6, 6.07) is 6.86. The first-order chi connectivity index (χ1) is 16.5. The molecular weight excluding hydrogens is 430 g/mol. The number of Topliss-reactive ketones (excluding diaryl/α,β-unsaturated/α-hetero) is 1. The third kappa shape index (κ3) is 4.78. The first kappa shape index (κ1) is 23.5. The SMILES string of the molecule is CN1CCC(c2ccc(C(=O)NC(C(=O)N3CC[C@H]4OCC(=O)[C@H]43)C3CCCCC3)cc2)CC1. The van der Waals surface area contributed by atoms with Crippen molar-refractivity contribution in [2.24, 2.45) is 5.92 Å². The molecule has 1 unspecified atom stereocenters. The zero-order valence-corrected chi connectivity index (χ0v) is 20.2. The molecule has 7 heteroatoms. The molecule has 1 saturated carbocycles. The molecule has 4 aliphatic rings. The summed E-state index contributed by atoms with van der Waals surface area (Å²) in [5, 5.41) is 3.09. The topological polar surface area (TPSA) is 79.0 Å². The first-order valence-electron chi connectivity index (χ1n) is 13.1. The lowest BCUT2D eigenvalue weighted by Crippen LogP contribution is -2.55. The lowest BCUT2D eigenvalue weighted by atomic mass is 9.83. The summed E-state index contributed by atoms with van der Waals surface area (Å²) >= 11 is 0. The third-order valence-electron chi connectivity index (χ3n) is 8.43. The number of benzene rings is 1. The van der Waals surface area contributed by atoms with Gasteiger partial charge in [-0.1, -0.05) is 31.4 Å². The van der Waals surface area contributed by atoms with Crippen molar-refractivity contribution < 1.29 is 19.1 Å². The number of piperidine rings is 1. The maximum Gasteiger partial charge on any atom is 0.251 e. The lowest BCUT2D eigenvalue weighted by Gasteiger charge is -2.34. The number of carbonyl (C=O) groups is 3. The van der Waals surface area contributed by atoms with Crippen LogP contribution in [0.1, 0.15) is 73.2 Å². The standard InChI is InChI=1S/C27H37N3O4/c1-29-14-11-19(12-15-29)18-7-9-21(10-8-18)26(32)28-24(20-5-3-2-4-6-20)27(33)30-16-13-23-25(30)22(31)17-34-23/h7-10,19-20,23-25H,2-6,11-17H2,1H3,(H,28,32)/t23-,24?,25-/m1/s1. The molecule has 1 aromatic rings. The van der Waals surface area contributed by atoms with Gasteiger partial charge in [0.15, 0.2) is 5.78 Å². The number of ketones is 1. The van der Waals surface area contributed by atoms with E-state index in [0.717, 1.165) is 51.6 Å². The molecule has 4 fully saturated rings. The molecule has 3 aliphatic heterocycles. The monoisotopic (exact) mass is 467 g/mol. The van der Waals surface area contributed by atoms with Gasteiger partial charge in [-0.25, -0.2) is 0 Å². The number of hydrogen-bond acceptors (Lipinski definition) is 5. The average Bonchev–Trinajstić information content (AvgIpc) is 3.46. The number of rotatable bonds is 5. The van der Waals surface area contributed by atoms with Crippen LogP contribution >= 0.6 is 0 Å². The van der Waals surface area contributed by atoms with Crippen LogP contribution in [0.25, 0.3) is 0 Å². The van der Waals surface area contributed by atoms with Crippen molar-refractivity contribution in [3.63, 3.8) is 0 Å². The van der Waals surface area contributed by atoms with Crippen molar-refractivity contribution in [2.75, 3.05) is 33.3 Å². The van der Waals surface area contributed by atoms with E-state index in [-0.39, 0.29) is 36.2 Å². The van der Waals surface area contributed by atoms with E-state index in [1.54, 1.807) is 4.90 Å². The predicted molar refractivity (Wildman–Crippen MR) is 129 cm³/mol. The van der Waals surface area contributed by atoms with Crippen molar-refractivity contribution in [2.45, 2.75) is 75.5 Å². The molecule has 3 heterocycles. The average molecular weight is 468 g/mol. The van der Waals surface area contributed by atoms with Crippen LogP contribution in [0.4, 0.5) is 0 Å². The smallest absolute Gasteiger partial charge is 0.251 e. The number of fused-ring (bicyclic) bond motifs is 1. The summed E-state index contributed by atoms with van der Waals surface area (Å²) in [6.45, 7) is 2.81. The van der Waals surface area contributed by atoms with E-state index in [4.69, 9.17) is 4.74 Å². The summed E-state index contributed by atoms with van der Waals surface area (Å²) < 4.78 is 5.58. The highest BCUT2D eigenvalue weighted by molar-refractivity contribution is 5.99. The Hall–Kier alpha value is -2.25. The molecule has 1 aliphatic carbocycles. The van der Waals surface area contributed by atoms with Crippen LogP contribution in [0.3, 0.4) is 0 Å². The van der Waals surface area contributed by atoms with E-state index in [1.165, 1.54) is 12.0 Å². The number of likely N-dealkylation sites (tertiary alicyclic amines) is 2. The number of carbonyl (C=O) groups excluding carboxylic acids is 3. The second kappa shape index (κ2) is 10.2. The van der Waals surface area contributed by atoms with E-state index >= 15 is 0 Å². The Morgan fingerprint density at radius 1 is 0.971 bits per heavy atom. The molecule has 3 atom stereocenters. The lowest BCUT2D eigenvalue weighted by molar-refractivity contribution is -0.139. The maximum atomic E-state index is 13.7. The minimum absolute atomic E-state index is 0.0194. The van der Waals surface area contributed by atoms with Crippen LogP contribution < -0.4 is 5.32 Å². The Kier molecular flexibility index (Phi) is 7.02. The number of nitrogens with one attached hydrogen (secondary N) is 1. The normalized spacial score (nSPS) is 27.6. The Bertz CT molecular complexity index is 903. The first-order valence-corrected chi connectivity index (χ1v) is 13.1. The van der Waals surface area contributed by atoms with E-state index in [1.807, 2.05) is 12.1 Å². The highest BCUT2D eigenvalue weighted by atomic mass is 16.5. The number of hydrogen-bond donors (Lipinski definition) is 1. The summed E-state index contributed by atoms with van der Waals surface area (Å²) in [5.41, 5.74) is 1.87. The Balaban J connectivity index is 1.29. The summed E-state index contributed by atoms with van der Waals surface area (Å²) in [5.74, 6) is 0.312. The van der Waals surface area contributed by atoms with Gasteiger partial charge in [0.05, 0.1) is 6.10 Å². The van der Waals surface area contributed by atoms with Gasteiger partial charge in [0.2, 0.25) is 5.91 Å². The van der Waals surface area contributed by atoms with E-state index in [0.29, 0.717) is 24.4 Å². The highest BCUT2D eigenvalue weighted by Crippen LogP contribution is 2.32. The minimum atomic E-state index is -0.589. The van der Waals surface area contributed by atoms with Crippen molar-refractivity contribution >= 4 is 17.6 Å². The van der Waals surface area contributed by atoms with Crippen molar-refractivity contribution in [1.82, 2.24) is 15.1 Å². The Morgan fingerprint density at radius 2 is 1.68 bits per heavy atom. The molecule has 7 nitrogen and oxygen atoms in total. The van der Waals surface area contributed by atoms with Crippen LogP contribution in [0.5, 0.6) is 0 Å². The van der Waals surface area contributed by atoms with E-state index < -0.39 is 12.1 Å². The van der Waals surface area contributed by atoms with Crippen LogP contribution in [0, 0.1) is 5.92 Å². The zero-order valence-electron chi connectivity index (χ0n) is 20.2. The second-order valence-electron chi connectivity index (χ2n) is 10.6. The molecular formula is C27H37N3O4. The molecule has 0 spiro atoms. The van der Waals surface area contributed by atoms with Crippen molar-refractivity contribution in [3.05, 3.63) is 35.4 Å². The van der Waals surface area contributed by atoms with Gasteiger partial charge in [0.1, 0.15) is 18.7 Å². The molecule has 2 amide bonds. The van der Waals surface area contributed by atoms with Gasteiger partial charge in [-0.15, -0.1) is 0 Å². The quantitative estimate of drug-likeness (QED) is 0.721.